The number of nitrogens with zero attached hydrogens (tertiary/aromatic N) is 3. The third-order valence-electron chi connectivity index (χ3n) is 4.83. The molecular formula is C18H23N3O3. The summed E-state index contributed by atoms with van der Waals surface area (Å²) in [6.45, 7) is 4.40. The molecule has 1 aliphatic carbocycles. The van der Waals surface area contributed by atoms with E-state index in [1.807, 2.05) is 21.7 Å². The summed E-state index contributed by atoms with van der Waals surface area (Å²) in [7, 11) is 0. The van der Waals surface area contributed by atoms with Crippen LogP contribution >= 0.6 is 0 Å². The van der Waals surface area contributed by atoms with Crippen molar-refractivity contribution in [2.24, 2.45) is 0 Å². The number of fused-ring (bicyclic) bond motifs is 1. The first-order valence-electron chi connectivity index (χ1n) is 8.52. The maximum absolute atomic E-state index is 12.9. The van der Waals surface area contributed by atoms with Crippen LogP contribution in [0.3, 0.4) is 0 Å². The van der Waals surface area contributed by atoms with Crippen LogP contribution in [-0.4, -0.2) is 32.4 Å². The van der Waals surface area contributed by atoms with Gasteiger partial charge in [-0.3, -0.25) is 14.9 Å². The molecule has 6 nitrogen and oxygen atoms in total. The van der Waals surface area contributed by atoms with E-state index >= 15 is 0 Å². The summed E-state index contributed by atoms with van der Waals surface area (Å²) in [5, 5.41) is 11.7. The van der Waals surface area contributed by atoms with E-state index in [-0.39, 0.29) is 24.2 Å². The van der Waals surface area contributed by atoms with Crippen LogP contribution in [-0.2, 0) is 11.3 Å². The van der Waals surface area contributed by atoms with Gasteiger partial charge in [-0.15, -0.1) is 0 Å². The molecule has 0 aliphatic heterocycles. The minimum absolute atomic E-state index is 0.0707. The number of non-ortho nitro benzene ring substituents is 1. The molecule has 0 atom stereocenters. The van der Waals surface area contributed by atoms with Crippen molar-refractivity contribution in [1.29, 1.82) is 0 Å². The standard InChI is InChI=1S/C18H23N3O3/c1-13(2)20(15-5-3-4-6-15)18(22)12-19-10-9-14-11-16(21(23)24)7-8-17(14)19/h7-11,13,15H,3-6,12H2,1-2H3. The normalized spacial score (nSPS) is 15.3. The van der Waals surface area contributed by atoms with Gasteiger partial charge >= 0.3 is 0 Å². The Labute approximate surface area is 141 Å². The maximum Gasteiger partial charge on any atom is 0.270 e. The summed E-state index contributed by atoms with van der Waals surface area (Å²) in [4.78, 5) is 25.4. The Morgan fingerprint density at radius 2 is 2.04 bits per heavy atom. The summed E-state index contributed by atoms with van der Waals surface area (Å²) < 4.78 is 1.88. The fraction of sp³-hybridized carbons (Fsp3) is 0.500. The van der Waals surface area contributed by atoms with Crippen molar-refractivity contribution < 1.29 is 9.72 Å². The van der Waals surface area contributed by atoms with Gasteiger partial charge in [0.2, 0.25) is 5.91 Å². The molecule has 0 spiro atoms. The summed E-state index contributed by atoms with van der Waals surface area (Å²) in [6.07, 6.45) is 6.39. The quantitative estimate of drug-likeness (QED) is 0.620. The first-order chi connectivity index (χ1) is 11.5. The second-order valence-electron chi connectivity index (χ2n) is 6.78. The zero-order valence-corrected chi connectivity index (χ0v) is 14.1. The van der Waals surface area contributed by atoms with E-state index in [9.17, 15) is 14.9 Å². The van der Waals surface area contributed by atoms with Gasteiger partial charge in [0, 0.05) is 41.3 Å². The first-order valence-corrected chi connectivity index (χ1v) is 8.52. The van der Waals surface area contributed by atoms with E-state index < -0.39 is 4.92 Å². The minimum Gasteiger partial charge on any atom is -0.338 e. The molecule has 1 aromatic heterocycles. The second kappa shape index (κ2) is 6.63. The molecule has 0 N–H and O–H groups in total. The van der Waals surface area contributed by atoms with Gasteiger partial charge in [0.1, 0.15) is 6.54 Å². The molecule has 1 aromatic carbocycles. The van der Waals surface area contributed by atoms with Crippen LogP contribution in [0.1, 0.15) is 39.5 Å². The van der Waals surface area contributed by atoms with Crippen molar-refractivity contribution in [2.45, 2.75) is 58.2 Å². The summed E-state index contributed by atoms with van der Waals surface area (Å²) in [5.74, 6) is 0.118. The summed E-state index contributed by atoms with van der Waals surface area (Å²) in [6, 6.07) is 7.11. The molecule has 0 saturated heterocycles. The predicted molar refractivity (Wildman–Crippen MR) is 92.8 cm³/mol. The molecular weight excluding hydrogens is 306 g/mol. The number of hydrogen-bond donors (Lipinski definition) is 0. The molecule has 0 radical (unpaired) electrons. The second-order valence-corrected chi connectivity index (χ2v) is 6.78. The van der Waals surface area contributed by atoms with Gasteiger partial charge < -0.3 is 9.47 Å². The molecule has 1 heterocycles. The lowest BCUT2D eigenvalue weighted by Crippen LogP contribution is -2.45. The fourth-order valence-corrected chi connectivity index (χ4v) is 3.76. The van der Waals surface area contributed by atoms with Gasteiger partial charge in [0.15, 0.2) is 0 Å². The average molecular weight is 329 g/mol. The van der Waals surface area contributed by atoms with E-state index in [1.165, 1.54) is 18.9 Å². The van der Waals surface area contributed by atoms with Crippen LogP contribution < -0.4 is 0 Å². The number of rotatable bonds is 5. The zero-order valence-electron chi connectivity index (χ0n) is 14.1. The maximum atomic E-state index is 12.9. The number of nitro groups is 1. The molecule has 128 valence electrons. The third-order valence-corrected chi connectivity index (χ3v) is 4.83. The molecule has 0 unspecified atom stereocenters. The number of carbonyl (C=O) groups is 1. The molecule has 3 rings (SSSR count). The van der Waals surface area contributed by atoms with Gasteiger partial charge in [-0.05, 0) is 38.8 Å². The van der Waals surface area contributed by atoms with Crippen molar-refractivity contribution in [3.8, 4) is 0 Å². The minimum atomic E-state index is -0.400. The molecule has 1 saturated carbocycles. The zero-order chi connectivity index (χ0) is 17.3. The lowest BCUT2D eigenvalue weighted by Gasteiger charge is -2.33. The Morgan fingerprint density at radius 1 is 1.33 bits per heavy atom. The molecule has 0 bridgehead atoms. The number of nitro benzene ring substituents is 1. The van der Waals surface area contributed by atoms with Crippen molar-refractivity contribution in [3.05, 3.63) is 40.6 Å². The molecule has 6 heteroatoms. The number of hydrogen-bond acceptors (Lipinski definition) is 3. The molecule has 1 fully saturated rings. The monoisotopic (exact) mass is 329 g/mol. The van der Waals surface area contributed by atoms with Crippen LogP contribution in [0.4, 0.5) is 5.69 Å². The number of aromatic nitrogens is 1. The van der Waals surface area contributed by atoms with E-state index in [2.05, 4.69) is 13.8 Å². The Balaban J connectivity index is 1.83. The van der Waals surface area contributed by atoms with E-state index in [0.717, 1.165) is 23.7 Å². The lowest BCUT2D eigenvalue weighted by molar-refractivity contribution is -0.384. The smallest absolute Gasteiger partial charge is 0.270 e. The highest BCUT2D eigenvalue weighted by Gasteiger charge is 2.28. The highest BCUT2D eigenvalue weighted by atomic mass is 16.6. The Kier molecular flexibility index (Phi) is 4.55. The predicted octanol–water partition coefficient (Wildman–Crippen LogP) is 3.73. The summed E-state index contributed by atoms with van der Waals surface area (Å²) >= 11 is 0. The molecule has 24 heavy (non-hydrogen) atoms. The SMILES string of the molecule is CC(C)N(C(=O)Cn1ccc2cc([N+](=O)[O-])ccc21)C1CCCC1. The molecule has 2 aromatic rings. The van der Waals surface area contributed by atoms with Crippen LogP contribution in [0, 0.1) is 10.1 Å². The Morgan fingerprint density at radius 3 is 2.67 bits per heavy atom. The first kappa shape index (κ1) is 16.5. The highest BCUT2D eigenvalue weighted by Crippen LogP contribution is 2.26. The molecule has 1 amide bonds. The van der Waals surface area contributed by atoms with Crippen LogP contribution in [0.5, 0.6) is 0 Å². The van der Waals surface area contributed by atoms with Gasteiger partial charge in [0.25, 0.3) is 5.69 Å². The van der Waals surface area contributed by atoms with Crippen LogP contribution in [0.2, 0.25) is 0 Å². The van der Waals surface area contributed by atoms with Crippen molar-refractivity contribution in [1.82, 2.24) is 9.47 Å². The van der Waals surface area contributed by atoms with Crippen molar-refractivity contribution >= 4 is 22.5 Å². The fourth-order valence-electron chi connectivity index (χ4n) is 3.76. The van der Waals surface area contributed by atoms with E-state index in [0.29, 0.717) is 6.04 Å². The Hall–Kier alpha value is -2.37. The van der Waals surface area contributed by atoms with Crippen molar-refractivity contribution in [3.63, 3.8) is 0 Å². The Bertz CT molecular complexity index is 760. The largest absolute Gasteiger partial charge is 0.338 e. The van der Waals surface area contributed by atoms with Crippen LogP contribution in [0.25, 0.3) is 10.9 Å². The van der Waals surface area contributed by atoms with E-state index in [1.54, 1.807) is 12.1 Å². The average Bonchev–Trinajstić information content (AvgIpc) is 3.17. The van der Waals surface area contributed by atoms with Crippen molar-refractivity contribution in [2.75, 3.05) is 0 Å². The number of benzene rings is 1. The number of amides is 1. The topological polar surface area (TPSA) is 68.4 Å². The van der Waals surface area contributed by atoms with Crippen LogP contribution in [0.15, 0.2) is 30.5 Å². The highest BCUT2D eigenvalue weighted by molar-refractivity contribution is 5.85. The lowest BCUT2D eigenvalue weighted by atomic mass is 10.1. The van der Waals surface area contributed by atoms with E-state index in [4.69, 9.17) is 0 Å². The van der Waals surface area contributed by atoms with Gasteiger partial charge in [0.05, 0.1) is 4.92 Å². The van der Waals surface area contributed by atoms with Gasteiger partial charge in [-0.25, -0.2) is 0 Å². The van der Waals surface area contributed by atoms with Gasteiger partial charge in [-0.1, -0.05) is 12.8 Å². The third kappa shape index (κ3) is 3.13. The number of carbonyl (C=O) groups excluding carboxylic acids is 1. The van der Waals surface area contributed by atoms with Gasteiger partial charge in [-0.2, -0.15) is 0 Å². The summed E-state index contributed by atoms with van der Waals surface area (Å²) in [5.41, 5.74) is 0.922. The molecule has 1 aliphatic rings.